The standard InChI is InChI=1S/C20H23BrN2O5/c1-4-8-23-18(25)12-28-19-14(5-6-17(26-2)20(19)27-3)16(24)10-13-7-9-22-11-15(13)21/h5-7,9,11H,4,8,10,12H2,1-3H3,(H,23,25). The van der Waals surface area contributed by atoms with Crippen LogP contribution in [0.3, 0.4) is 0 Å². The van der Waals surface area contributed by atoms with E-state index in [2.05, 4.69) is 26.2 Å². The largest absolute Gasteiger partial charge is 0.493 e. The molecule has 0 unspecified atom stereocenters. The molecule has 0 atom stereocenters. The van der Waals surface area contributed by atoms with Crippen molar-refractivity contribution in [2.75, 3.05) is 27.4 Å². The number of methoxy groups -OCH3 is 2. The van der Waals surface area contributed by atoms with Crippen LogP contribution in [-0.4, -0.2) is 44.0 Å². The minimum Gasteiger partial charge on any atom is -0.493 e. The Kier molecular flexibility index (Phi) is 8.25. The van der Waals surface area contributed by atoms with E-state index in [0.29, 0.717) is 17.9 Å². The van der Waals surface area contributed by atoms with Gasteiger partial charge in [-0.05, 0) is 46.1 Å². The van der Waals surface area contributed by atoms with Crippen LogP contribution in [0.2, 0.25) is 0 Å². The van der Waals surface area contributed by atoms with Gasteiger partial charge in [0, 0.05) is 29.8 Å². The van der Waals surface area contributed by atoms with Crippen LogP contribution in [0.4, 0.5) is 0 Å². The number of halogens is 1. The molecular formula is C20H23BrN2O5. The van der Waals surface area contributed by atoms with Crippen LogP contribution in [0.25, 0.3) is 0 Å². The van der Waals surface area contributed by atoms with E-state index >= 15 is 0 Å². The van der Waals surface area contributed by atoms with Crippen molar-refractivity contribution < 1.29 is 23.8 Å². The number of nitrogens with one attached hydrogen (secondary N) is 1. The van der Waals surface area contributed by atoms with Crippen LogP contribution in [0.5, 0.6) is 17.2 Å². The zero-order valence-electron chi connectivity index (χ0n) is 16.1. The van der Waals surface area contributed by atoms with Gasteiger partial charge in [0.15, 0.2) is 23.9 Å². The highest BCUT2D eigenvalue weighted by molar-refractivity contribution is 9.10. The summed E-state index contributed by atoms with van der Waals surface area (Å²) in [6.45, 7) is 2.28. The average molecular weight is 451 g/mol. The first-order valence-electron chi connectivity index (χ1n) is 8.77. The predicted octanol–water partition coefficient (Wildman–Crippen LogP) is 3.19. The number of nitrogens with zero attached hydrogens (tertiary/aromatic N) is 1. The van der Waals surface area contributed by atoms with Crippen molar-refractivity contribution in [1.29, 1.82) is 0 Å². The molecule has 8 heteroatoms. The molecule has 0 bridgehead atoms. The Labute approximate surface area is 172 Å². The first-order valence-corrected chi connectivity index (χ1v) is 9.57. The molecule has 1 amide bonds. The van der Waals surface area contributed by atoms with Gasteiger partial charge in [-0.1, -0.05) is 6.92 Å². The van der Waals surface area contributed by atoms with Crippen LogP contribution in [0.1, 0.15) is 29.3 Å². The van der Waals surface area contributed by atoms with E-state index in [0.717, 1.165) is 16.5 Å². The maximum Gasteiger partial charge on any atom is 0.257 e. The number of rotatable bonds is 10. The molecule has 1 aromatic heterocycles. The van der Waals surface area contributed by atoms with E-state index in [4.69, 9.17) is 14.2 Å². The summed E-state index contributed by atoms with van der Waals surface area (Å²) in [7, 11) is 2.95. The Morgan fingerprint density at radius 2 is 1.93 bits per heavy atom. The quantitative estimate of drug-likeness (QED) is 0.559. The van der Waals surface area contributed by atoms with Gasteiger partial charge >= 0.3 is 0 Å². The van der Waals surface area contributed by atoms with Gasteiger partial charge in [0.1, 0.15) is 0 Å². The SMILES string of the molecule is CCCNC(=O)COc1c(C(=O)Cc2ccncc2Br)ccc(OC)c1OC. The zero-order valence-corrected chi connectivity index (χ0v) is 17.7. The first-order chi connectivity index (χ1) is 13.5. The van der Waals surface area contributed by atoms with E-state index < -0.39 is 0 Å². The number of benzene rings is 1. The summed E-state index contributed by atoms with van der Waals surface area (Å²) in [6.07, 6.45) is 4.21. The molecule has 2 rings (SSSR count). The second kappa shape index (κ2) is 10.7. The maximum absolute atomic E-state index is 13.0. The lowest BCUT2D eigenvalue weighted by Gasteiger charge is -2.17. The van der Waals surface area contributed by atoms with Gasteiger partial charge < -0.3 is 19.5 Å². The second-order valence-electron chi connectivity index (χ2n) is 5.88. The van der Waals surface area contributed by atoms with Crippen molar-refractivity contribution in [3.8, 4) is 17.2 Å². The minimum absolute atomic E-state index is 0.136. The lowest BCUT2D eigenvalue weighted by molar-refractivity contribution is -0.123. The summed E-state index contributed by atoms with van der Waals surface area (Å²) in [4.78, 5) is 28.9. The van der Waals surface area contributed by atoms with Gasteiger partial charge in [0.2, 0.25) is 5.75 Å². The fourth-order valence-corrected chi connectivity index (χ4v) is 2.92. The lowest BCUT2D eigenvalue weighted by Crippen LogP contribution is -2.29. The Hall–Kier alpha value is -2.61. The van der Waals surface area contributed by atoms with Crippen molar-refractivity contribution in [3.63, 3.8) is 0 Å². The number of Topliss-reactive ketones (excluding diaryl/α,β-unsaturated/α-hetero) is 1. The predicted molar refractivity (Wildman–Crippen MR) is 108 cm³/mol. The molecule has 0 saturated carbocycles. The van der Waals surface area contributed by atoms with Crippen LogP contribution >= 0.6 is 15.9 Å². The normalized spacial score (nSPS) is 10.3. The van der Waals surface area contributed by atoms with E-state index in [9.17, 15) is 9.59 Å². The lowest BCUT2D eigenvalue weighted by atomic mass is 10.0. The highest BCUT2D eigenvalue weighted by Crippen LogP contribution is 2.40. The molecule has 1 aromatic carbocycles. The zero-order chi connectivity index (χ0) is 20.5. The molecule has 0 radical (unpaired) electrons. The Morgan fingerprint density at radius 3 is 2.57 bits per heavy atom. The number of hydrogen-bond acceptors (Lipinski definition) is 6. The van der Waals surface area contributed by atoms with Gasteiger partial charge in [-0.2, -0.15) is 0 Å². The maximum atomic E-state index is 13.0. The average Bonchev–Trinajstić information content (AvgIpc) is 2.71. The van der Waals surface area contributed by atoms with Crippen LogP contribution in [-0.2, 0) is 11.2 Å². The highest BCUT2D eigenvalue weighted by atomic mass is 79.9. The monoisotopic (exact) mass is 450 g/mol. The van der Waals surface area contributed by atoms with E-state index in [1.54, 1.807) is 30.6 Å². The third kappa shape index (κ3) is 5.45. The molecule has 0 saturated heterocycles. The van der Waals surface area contributed by atoms with Crippen molar-refractivity contribution >= 4 is 27.6 Å². The second-order valence-corrected chi connectivity index (χ2v) is 6.74. The van der Waals surface area contributed by atoms with E-state index in [1.165, 1.54) is 14.2 Å². The molecule has 0 spiro atoms. The number of carbonyl (C=O) groups excluding carboxylic acids is 2. The van der Waals surface area contributed by atoms with Crippen LogP contribution in [0, 0.1) is 0 Å². The smallest absolute Gasteiger partial charge is 0.257 e. The highest BCUT2D eigenvalue weighted by Gasteiger charge is 2.22. The van der Waals surface area contributed by atoms with Gasteiger partial charge in [-0.25, -0.2) is 0 Å². The number of carbonyl (C=O) groups is 2. The molecule has 0 aliphatic rings. The topological polar surface area (TPSA) is 86.8 Å². The molecule has 0 aliphatic heterocycles. The number of ketones is 1. The summed E-state index contributed by atoms with van der Waals surface area (Å²) in [5.74, 6) is 0.404. The third-order valence-corrected chi connectivity index (χ3v) is 4.64. The van der Waals surface area contributed by atoms with Crippen molar-refractivity contribution in [1.82, 2.24) is 10.3 Å². The summed E-state index contributed by atoms with van der Waals surface area (Å²) < 4.78 is 17.1. The molecular weight excluding hydrogens is 428 g/mol. The van der Waals surface area contributed by atoms with Gasteiger partial charge in [0.05, 0.1) is 19.8 Å². The van der Waals surface area contributed by atoms with Crippen molar-refractivity contribution in [2.45, 2.75) is 19.8 Å². The number of amides is 1. The molecule has 0 aliphatic carbocycles. The molecule has 150 valence electrons. The number of aromatic nitrogens is 1. The van der Waals surface area contributed by atoms with Gasteiger partial charge in [-0.3, -0.25) is 14.6 Å². The van der Waals surface area contributed by atoms with E-state index in [-0.39, 0.29) is 36.2 Å². The van der Waals surface area contributed by atoms with Crippen LogP contribution < -0.4 is 19.5 Å². The van der Waals surface area contributed by atoms with Crippen LogP contribution in [0.15, 0.2) is 35.1 Å². The number of pyridine rings is 1. The number of ether oxygens (including phenoxy) is 3. The summed E-state index contributed by atoms with van der Waals surface area (Å²) in [6, 6.07) is 5.01. The molecule has 1 heterocycles. The Bertz CT molecular complexity index is 841. The molecule has 2 aromatic rings. The minimum atomic E-state index is -0.276. The van der Waals surface area contributed by atoms with Gasteiger partial charge in [0.25, 0.3) is 5.91 Å². The van der Waals surface area contributed by atoms with E-state index in [1.807, 2.05) is 6.92 Å². The summed E-state index contributed by atoms with van der Waals surface area (Å²) in [5, 5.41) is 2.73. The molecule has 1 N–H and O–H groups in total. The van der Waals surface area contributed by atoms with Crippen molar-refractivity contribution in [2.24, 2.45) is 0 Å². The Morgan fingerprint density at radius 1 is 1.14 bits per heavy atom. The Balaban J connectivity index is 2.32. The molecule has 28 heavy (non-hydrogen) atoms. The van der Waals surface area contributed by atoms with Gasteiger partial charge in [-0.15, -0.1) is 0 Å². The fraction of sp³-hybridized carbons (Fsp3) is 0.350. The summed E-state index contributed by atoms with van der Waals surface area (Å²) >= 11 is 3.40. The third-order valence-electron chi connectivity index (χ3n) is 3.93. The first kappa shape index (κ1) is 21.7. The molecule has 0 fully saturated rings. The van der Waals surface area contributed by atoms with Crippen molar-refractivity contribution in [3.05, 3.63) is 46.2 Å². The number of hydrogen-bond donors (Lipinski definition) is 1. The summed E-state index contributed by atoms with van der Waals surface area (Å²) in [5.41, 5.74) is 1.10. The molecule has 7 nitrogen and oxygen atoms in total. The fourth-order valence-electron chi connectivity index (χ4n) is 2.53.